The Bertz CT molecular complexity index is 891. The third-order valence-electron chi connectivity index (χ3n) is 3.84. The van der Waals surface area contributed by atoms with Gasteiger partial charge >= 0.3 is 0 Å². The van der Waals surface area contributed by atoms with Gasteiger partial charge in [-0.15, -0.1) is 11.3 Å². The molecule has 0 spiro atoms. The lowest BCUT2D eigenvalue weighted by Crippen LogP contribution is -1.98. The smallest absolute Gasteiger partial charge is 0.0494 e. The summed E-state index contributed by atoms with van der Waals surface area (Å²) in [7, 11) is 0. The molecule has 2 aromatic carbocycles. The van der Waals surface area contributed by atoms with Crippen LogP contribution in [-0.2, 0) is 6.54 Å². The van der Waals surface area contributed by atoms with Crippen LogP contribution in [0.5, 0.6) is 0 Å². The van der Waals surface area contributed by atoms with Gasteiger partial charge in [0.25, 0.3) is 0 Å². The SMILES string of the molecule is c1csc(CNc2ccccc2-c2c[nH]c3ccccc23)c1. The Hall–Kier alpha value is -2.52. The molecule has 0 unspecified atom stereocenters. The van der Waals surface area contributed by atoms with Crippen molar-refractivity contribution in [3.8, 4) is 11.1 Å². The van der Waals surface area contributed by atoms with Crippen LogP contribution in [0.2, 0.25) is 0 Å². The molecular weight excluding hydrogens is 288 g/mol. The van der Waals surface area contributed by atoms with E-state index in [-0.39, 0.29) is 0 Å². The Labute approximate surface area is 133 Å². The molecule has 2 aromatic heterocycles. The van der Waals surface area contributed by atoms with Crippen molar-refractivity contribution in [2.24, 2.45) is 0 Å². The number of thiophene rings is 1. The lowest BCUT2D eigenvalue weighted by atomic mass is 10.0. The fourth-order valence-electron chi connectivity index (χ4n) is 2.76. The van der Waals surface area contributed by atoms with Crippen molar-refractivity contribution in [2.75, 3.05) is 5.32 Å². The molecular formula is C19H16N2S. The molecule has 2 heterocycles. The summed E-state index contributed by atoms with van der Waals surface area (Å²) in [6.45, 7) is 0.858. The molecule has 0 aliphatic carbocycles. The van der Waals surface area contributed by atoms with Crippen LogP contribution in [-0.4, -0.2) is 4.98 Å². The van der Waals surface area contributed by atoms with Gasteiger partial charge in [0.1, 0.15) is 0 Å². The Morgan fingerprint density at radius 2 is 1.73 bits per heavy atom. The van der Waals surface area contributed by atoms with Gasteiger partial charge in [-0.2, -0.15) is 0 Å². The first-order valence-corrected chi connectivity index (χ1v) is 8.21. The maximum absolute atomic E-state index is 3.57. The van der Waals surface area contributed by atoms with Crippen molar-refractivity contribution in [1.82, 2.24) is 4.98 Å². The zero-order chi connectivity index (χ0) is 14.8. The first kappa shape index (κ1) is 13.2. The molecule has 0 amide bonds. The van der Waals surface area contributed by atoms with Gasteiger partial charge in [-0.05, 0) is 23.6 Å². The molecule has 108 valence electrons. The van der Waals surface area contributed by atoms with E-state index in [0.717, 1.165) is 6.54 Å². The van der Waals surface area contributed by atoms with E-state index in [1.165, 1.54) is 32.6 Å². The fourth-order valence-corrected chi connectivity index (χ4v) is 3.41. The van der Waals surface area contributed by atoms with E-state index in [9.17, 15) is 0 Å². The summed E-state index contributed by atoms with van der Waals surface area (Å²) in [6, 6.07) is 21.2. The van der Waals surface area contributed by atoms with Gasteiger partial charge in [-0.3, -0.25) is 0 Å². The summed E-state index contributed by atoms with van der Waals surface area (Å²) in [4.78, 5) is 4.70. The van der Waals surface area contributed by atoms with Crippen molar-refractivity contribution in [1.29, 1.82) is 0 Å². The zero-order valence-electron chi connectivity index (χ0n) is 12.0. The van der Waals surface area contributed by atoms with E-state index < -0.39 is 0 Å². The molecule has 0 aliphatic rings. The van der Waals surface area contributed by atoms with Gasteiger partial charge < -0.3 is 10.3 Å². The predicted molar refractivity (Wildman–Crippen MR) is 95.4 cm³/mol. The van der Waals surface area contributed by atoms with Crippen molar-refractivity contribution in [3.63, 3.8) is 0 Å². The van der Waals surface area contributed by atoms with Crippen LogP contribution in [0.1, 0.15) is 4.88 Å². The quantitative estimate of drug-likeness (QED) is 0.511. The summed E-state index contributed by atoms with van der Waals surface area (Å²) in [5.41, 5.74) is 4.81. The van der Waals surface area contributed by atoms with Gasteiger partial charge in [-0.25, -0.2) is 0 Å². The predicted octanol–water partition coefficient (Wildman–Crippen LogP) is 5.51. The van der Waals surface area contributed by atoms with Gasteiger partial charge in [0.15, 0.2) is 0 Å². The summed E-state index contributed by atoms with van der Waals surface area (Å²) in [5, 5.41) is 6.94. The minimum Gasteiger partial charge on any atom is -0.380 e. The lowest BCUT2D eigenvalue weighted by molar-refractivity contribution is 1.19. The normalized spacial score (nSPS) is 10.9. The van der Waals surface area contributed by atoms with Crippen LogP contribution in [0, 0.1) is 0 Å². The van der Waals surface area contributed by atoms with Crippen LogP contribution < -0.4 is 5.32 Å². The molecule has 0 aliphatic heterocycles. The minimum absolute atomic E-state index is 0.858. The maximum atomic E-state index is 3.57. The number of rotatable bonds is 4. The van der Waals surface area contributed by atoms with E-state index in [1.807, 2.05) is 0 Å². The highest BCUT2D eigenvalue weighted by atomic mass is 32.1. The van der Waals surface area contributed by atoms with Crippen molar-refractivity contribution < 1.29 is 0 Å². The van der Waals surface area contributed by atoms with Crippen molar-refractivity contribution in [3.05, 3.63) is 77.1 Å². The first-order valence-electron chi connectivity index (χ1n) is 7.33. The third-order valence-corrected chi connectivity index (χ3v) is 4.72. The van der Waals surface area contributed by atoms with E-state index in [0.29, 0.717) is 0 Å². The monoisotopic (exact) mass is 304 g/mol. The van der Waals surface area contributed by atoms with Crippen molar-refractivity contribution in [2.45, 2.75) is 6.54 Å². The average molecular weight is 304 g/mol. The Morgan fingerprint density at radius 3 is 2.64 bits per heavy atom. The zero-order valence-corrected chi connectivity index (χ0v) is 12.9. The van der Waals surface area contributed by atoms with E-state index in [2.05, 4.69) is 82.5 Å². The summed E-state index contributed by atoms with van der Waals surface area (Å²) in [6.07, 6.45) is 2.09. The molecule has 0 atom stereocenters. The van der Waals surface area contributed by atoms with Crippen LogP contribution in [0.4, 0.5) is 5.69 Å². The fraction of sp³-hybridized carbons (Fsp3) is 0.0526. The molecule has 22 heavy (non-hydrogen) atoms. The highest BCUT2D eigenvalue weighted by Gasteiger charge is 2.09. The van der Waals surface area contributed by atoms with E-state index >= 15 is 0 Å². The molecule has 4 aromatic rings. The summed E-state index contributed by atoms with van der Waals surface area (Å²) in [5.74, 6) is 0. The number of para-hydroxylation sites is 2. The lowest BCUT2D eigenvalue weighted by Gasteiger charge is -2.11. The number of aromatic nitrogens is 1. The number of benzene rings is 2. The van der Waals surface area contributed by atoms with Crippen LogP contribution in [0.3, 0.4) is 0 Å². The van der Waals surface area contributed by atoms with E-state index in [4.69, 9.17) is 0 Å². The number of H-pyrrole nitrogens is 1. The van der Waals surface area contributed by atoms with Crippen LogP contribution in [0.25, 0.3) is 22.0 Å². The van der Waals surface area contributed by atoms with Gasteiger partial charge in [-0.1, -0.05) is 42.5 Å². The molecule has 0 fully saturated rings. The second kappa shape index (κ2) is 5.70. The third kappa shape index (κ3) is 2.40. The maximum Gasteiger partial charge on any atom is 0.0494 e. The molecule has 0 radical (unpaired) electrons. The van der Waals surface area contributed by atoms with Crippen LogP contribution in [0.15, 0.2) is 72.2 Å². The van der Waals surface area contributed by atoms with Crippen LogP contribution >= 0.6 is 11.3 Å². The number of fused-ring (bicyclic) bond motifs is 1. The Balaban J connectivity index is 1.72. The Morgan fingerprint density at radius 1 is 0.864 bits per heavy atom. The van der Waals surface area contributed by atoms with Gasteiger partial charge in [0.2, 0.25) is 0 Å². The number of anilines is 1. The number of hydrogen-bond acceptors (Lipinski definition) is 2. The molecule has 0 saturated carbocycles. The molecule has 4 rings (SSSR count). The van der Waals surface area contributed by atoms with Crippen molar-refractivity contribution >= 4 is 27.9 Å². The number of hydrogen-bond donors (Lipinski definition) is 2. The second-order valence-electron chi connectivity index (χ2n) is 5.23. The minimum atomic E-state index is 0.858. The molecule has 0 saturated heterocycles. The molecule has 3 heteroatoms. The standard InChI is InChI=1S/C19H16N2S/c1-3-9-18(20-12-14-6-5-11-22-14)15(7-1)17-13-21-19-10-4-2-8-16(17)19/h1-11,13,20-21H,12H2. The summed E-state index contributed by atoms with van der Waals surface area (Å²) < 4.78 is 0. The molecule has 0 bridgehead atoms. The molecule has 2 N–H and O–H groups in total. The molecule has 2 nitrogen and oxygen atoms in total. The first-order chi connectivity index (χ1) is 10.9. The highest BCUT2D eigenvalue weighted by Crippen LogP contribution is 2.33. The number of nitrogens with one attached hydrogen (secondary N) is 2. The van der Waals surface area contributed by atoms with Gasteiger partial charge in [0.05, 0.1) is 0 Å². The summed E-state index contributed by atoms with van der Waals surface area (Å²) >= 11 is 1.78. The average Bonchev–Trinajstić information content (AvgIpc) is 3.23. The largest absolute Gasteiger partial charge is 0.380 e. The topological polar surface area (TPSA) is 27.8 Å². The van der Waals surface area contributed by atoms with Gasteiger partial charge in [0, 0.05) is 45.3 Å². The van der Waals surface area contributed by atoms with E-state index in [1.54, 1.807) is 11.3 Å². The Kier molecular flexibility index (Phi) is 3.41. The highest BCUT2D eigenvalue weighted by molar-refractivity contribution is 7.09. The second-order valence-corrected chi connectivity index (χ2v) is 6.26. The number of aromatic amines is 1.